The minimum Gasteiger partial charge on any atom is -0.325 e. The first-order chi connectivity index (χ1) is 13.7. The van der Waals surface area contributed by atoms with Gasteiger partial charge in [-0.3, -0.25) is 14.4 Å². The lowest BCUT2D eigenvalue weighted by Gasteiger charge is -2.16. The van der Waals surface area contributed by atoms with E-state index in [1.165, 1.54) is 6.92 Å². The molecule has 1 heterocycles. The van der Waals surface area contributed by atoms with Crippen molar-refractivity contribution in [2.75, 3.05) is 16.0 Å². The van der Waals surface area contributed by atoms with E-state index in [9.17, 15) is 27.6 Å². The van der Waals surface area contributed by atoms with Crippen LogP contribution in [0.2, 0.25) is 0 Å². The zero-order chi connectivity index (χ0) is 22.9. The molecular formula is C20H22F3N3O3S. The second-order valence-corrected chi connectivity index (χ2v) is 8.77. The molecule has 0 atom stereocenters. The molecule has 0 aliphatic carbocycles. The number of alkyl halides is 3. The van der Waals surface area contributed by atoms with Crippen LogP contribution >= 0.6 is 11.3 Å². The average Bonchev–Trinajstić information content (AvgIpc) is 2.94. The van der Waals surface area contributed by atoms with E-state index in [2.05, 4.69) is 16.0 Å². The van der Waals surface area contributed by atoms with E-state index >= 15 is 0 Å². The highest BCUT2D eigenvalue weighted by molar-refractivity contribution is 7.18. The molecule has 0 saturated heterocycles. The van der Waals surface area contributed by atoms with E-state index in [0.717, 1.165) is 29.5 Å². The third-order valence-electron chi connectivity index (χ3n) is 3.95. The number of hydrogen-bond donors (Lipinski definition) is 3. The highest BCUT2D eigenvalue weighted by Crippen LogP contribution is 2.35. The number of nitrogens with one attached hydrogen (secondary N) is 3. The van der Waals surface area contributed by atoms with Crippen molar-refractivity contribution in [1.82, 2.24) is 0 Å². The molecule has 0 aliphatic heterocycles. The first-order valence-corrected chi connectivity index (χ1v) is 9.72. The van der Waals surface area contributed by atoms with Gasteiger partial charge in [0.15, 0.2) is 0 Å². The van der Waals surface area contributed by atoms with E-state index in [1.54, 1.807) is 33.8 Å². The second-order valence-electron chi connectivity index (χ2n) is 7.72. The number of carbonyl (C=O) groups is 3. The second kappa shape index (κ2) is 8.47. The normalized spacial score (nSPS) is 11.7. The third kappa shape index (κ3) is 5.82. The predicted molar refractivity (Wildman–Crippen MR) is 111 cm³/mol. The van der Waals surface area contributed by atoms with Gasteiger partial charge in [0.05, 0.1) is 26.8 Å². The number of thiophene rings is 1. The maximum Gasteiger partial charge on any atom is 0.416 e. The standard InChI is InChI=1S/C20H22F3N3O3S/c1-10-8-15(26-18(29)19(3,4)5)30-16(10)17(28)25-14-9-12(20(21,22)23)6-7-13(14)24-11(2)27/h6-9H,1-5H3,(H,24,27)(H,25,28)(H,26,29). The highest BCUT2D eigenvalue weighted by Gasteiger charge is 2.31. The maximum atomic E-state index is 13.1. The van der Waals surface area contributed by atoms with Crippen molar-refractivity contribution in [3.05, 3.63) is 40.3 Å². The van der Waals surface area contributed by atoms with Gasteiger partial charge in [-0.25, -0.2) is 0 Å². The molecule has 0 aliphatic rings. The monoisotopic (exact) mass is 441 g/mol. The van der Waals surface area contributed by atoms with E-state index in [4.69, 9.17) is 0 Å². The molecule has 10 heteroatoms. The third-order valence-corrected chi connectivity index (χ3v) is 5.10. The summed E-state index contributed by atoms with van der Waals surface area (Å²) < 4.78 is 39.2. The Hall–Kier alpha value is -2.88. The van der Waals surface area contributed by atoms with Gasteiger partial charge >= 0.3 is 6.18 Å². The number of aryl methyl sites for hydroxylation is 1. The number of halogens is 3. The Bertz CT molecular complexity index is 991. The number of hydrogen-bond acceptors (Lipinski definition) is 4. The Morgan fingerprint density at radius 3 is 2.10 bits per heavy atom. The summed E-state index contributed by atoms with van der Waals surface area (Å²) in [6.45, 7) is 8.09. The Kier molecular flexibility index (Phi) is 6.60. The summed E-state index contributed by atoms with van der Waals surface area (Å²) in [4.78, 5) is 36.5. The van der Waals surface area contributed by atoms with Crippen molar-refractivity contribution in [3.8, 4) is 0 Å². The van der Waals surface area contributed by atoms with Crippen LogP contribution in [0.3, 0.4) is 0 Å². The Labute approximate surface area is 175 Å². The largest absolute Gasteiger partial charge is 0.416 e. The van der Waals surface area contributed by atoms with Gasteiger partial charge < -0.3 is 16.0 Å². The SMILES string of the molecule is CC(=O)Nc1ccc(C(F)(F)F)cc1NC(=O)c1sc(NC(=O)C(C)(C)C)cc1C. The maximum absolute atomic E-state index is 13.1. The molecule has 0 saturated carbocycles. The fourth-order valence-electron chi connectivity index (χ4n) is 2.37. The van der Waals surface area contributed by atoms with Gasteiger partial charge in [-0.05, 0) is 36.8 Å². The first-order valence-electron chi connectivity index (χ1n) is 8.90. The zero-order valence-electron chi connectivity index (χ0n) is 17.1. The lowest BCUT2D eigenvalue weighted by Crippen LogP contribution is -2.27. The Morgan fingerprint density at radius 1 is 0.933 bits per heavy atom. The summed E-state index contributed by atoms with van der Waals surface area (Å²) in [5.74, 6) is -1.38. The number of carbonyl (C=O) groups excluding carboxylic acids is 3. The van der Waals surface area contributed by atoms with Crippen molar-refractivity contribution < 1.29 is 27.6 Å². The van der Waals surface area contributed by atoms with Crippen LogP contribution in [-0.4, -0.2) is 17.7 Å². The number of rotatable bonds is 4. The van der Waals surface area contributed by atoms with Gasteiger partial charge in [0.25, 0.3) is 5.91 Å². The molecule has 30 heavy (non-hydrogen) atoms. The topological polar surface area (TPSA) is 87.3 Å². The Morgan fingerprint density at radius 2 is 1.57 bits per heavy atom. The molecule has 3 N–H and O–H groups in total. The summed E-state index contributed by atoms with van der Waals surface area (Å²) in [6, 6.07) is 4.27. The molecule has 2 aromatic rings. The van der Waals surface area contributed by atoms with Crippen molar-refractivity contribution in [2.24, 2.45) is 5.41 Å². The molecule has 2 rings (SSSR count). The summed E-state index contributed by atoms with van der Waals surface area (Å²) in [7, 11) is 0. The van der Waals surface area contributed by atoms with Gasteiger partial charge in [0.2, 0.25) is 11.8 Å². The Balaban J connectivity index is 2.33. The van der Waals surface area contributed by atoms with E-state index in [-0.39, 0.29) is 22.2 Å². The van der Waals surface area contributed by atoms with Gasteiger partial charge in [0, 0.05) is 12.3 Å². The molecule has 0 fully saturated rings. The van der Waals surface area contributed by atoms with Crippen LogP contribution in [0.1, 0.15) is 48.5 Å². The van der Waals surface area contributed by atoms with Crippen molar-refractivity contribution >= 4 is 45.4 Å². The predicted octanol–water partition coefficient (Wildman–Crippen LogP) is 5.27. The fourth-order valence-corrected chi connectivity index (χ4v) is 3.33. The molecule has 0 radical (unpaired) electrons. The number of anilines is 3. The van der Waals surface area contributed by atoms with Crippen LogP contribution in [0.15, 0.2) is 24.3 Å². The minimum atomic E-state index is -4.61. The van der Waals surface area contributed by atoms with Gasteiger partial charge in [0.1, 0.15) is 0 Å². The van der Waals surface area contributed by atoms with Crippen LogP contribution in [0.25, 0.3) is 0 Å². The first kappa shape index (κ1) is 23.4. The van der Waals surface area contributed by atoms with E-state index in [1.807, 2.05) is 0 Å². The summed E-state index contributed by atoms with van der Waals surface area (Å²) >= 11 is 1.01. The molecule has 0 unspecified atom stereocenters. The van der Waals surface area contributed by atoms with Crippen LogP contribution in [0.5, 0.6) is 0 Å². The molecule has 162 valence electrons. The molecule has 1 aromatic carbocycles. The van der Waals surface area contributed by atoms with E-state index in [0.29, 0.717) is 10.6 Å². The smallest absolute Gasteiger partial charge is 0.325 e. The van der Waals surface area contributed by atoms with E-state index < -0.39 is 29.0 Å². The lowest BCUT2D eigenvalue weighted by atomic mass is 9.96. The van der Waals surface area contributed by atoms with Crippen molar-refractivity contribution in [3.63, 3.8) is 0 Å². The lowest BCUT2D eigenvalue weighted by molar-refractivity contribution is -0.137. The van der Waals surface area contributed by atoms with Crippen LogP contribution in [0, 0.1) is 12.3 Å². The molecule has 0 bridgehead atoms. The average molecular weight is 441 g/mol. The molecular weight excluding hydrogens is 419 g/mol. The van der Waals surface area contributed by atoms with Gasteiger partial charge in [-0.15, -0.1) is 11.3 Å². The van der Waals surface area contributed by atoms with Crippen molar-refractivity contribution in [2.45, 2.75) is 40.8 Å². The highest BCUT2D eigenvalue weighted by atomic mass is 32.1. The minimum absolute atomic E-state index is 0.0410. The quantitative estimate of drug-likeness (QED) is 0.604. The van der Waals surface area contributed by atoms with Gasteiger partial charge in [-0.2, -0.15) is 13.2 Å². The number of benzene rings is 1. The summed E-state index contributed by atoms with van der Waals surface area (Å²) in [6.07, 6.45) is -4.61. The van der Waals surface area contributed by atoms with Crippen LogP contribution in [0.4, 0.5) is 29.5 Å². The zero-order valence-corrected chi connectivity index (χ0v) is 17.9. The number of amides is 3. The van der Waals surface area contributed by atoms with Crippen LogP contribution < -0.4 is 16.0 Å². The summed E-state index contributed by atoms with van der Waals surface area (Å²) in [5.41, 5.74) is -1.19. The van der Waals surface area contributed by atoms with Gasteiger partial charge in [-0.1, -0.05) is 20.8 Å². The fraction of sp³-hybridized carbons (Fsp3) is 0.350. The van der Waals surface area contributed by atoms with Crippen LogP contribution in [-0.2, 0) is 15.8 Å². The summed E-state index contributed by atoms with van der Waals surface area (Å²) in [5, 5.41) is 7.99. The molecule has 0 spiro atoms. The molecule has 6 nitrogen and oxygen atoms in total. The molecule has 1 aromatic heterocycles. The molecule has 3 amide bonds. The van der Waals surface area contributed by atoms with Crippen molar-refractivity contribution in [1.29, 1.82) is 0 Å².